The van der Waals surface area contributed by atoms with Crippen LogP contribution in [0.4, 0.5) is 8.78 Å². The van der Waals surface area contributed by atoms with Gasteiger partial charge in [-0.2, -0.15) is 0 Å². The van der Waals surface area contributed by atoms with Gasteiger partial charge in [0.25, 0.3) is 6.43 Å². The van der Waals surface area contributed by atoms with E-state index >= 15 is 0 Å². The van der Waals surface area contributed by atoms with Gasteiger partial charge < -0.3 is 4.98 Å². The topological polar surface area (TPSA) is 32.9 Å². The Morgan fingerprint density at radius 2 is 2.30 bits per heavy atom. The number of hydrogen-bond donors (Lipinski definition) is 1. The second-order valence-electron chi connectivity index (χ2n) is 1.81. The molecule has 0 saturated carbocycles. The van der Waals surface area contributed by atoms with Gasteiger partial charge in [0.1, 0.15) is 0 Å². The van der Waals surface area contributed by atoms with Gasteiger partial charge in [0.05, 0.1) is 5.69 Å². The molecule has 0 radical (unpaired) electrons. The normalized spacial score (nSPS) is 10.3. The van der Waals surface area contributed by atoms with Crippen LogP contribution in [0.1, 0.15) is 22.5 Å². The zero-order valence-electron chi connectivity index (χ0n) is 4.97. The molecule has 0 aromatic carbocycles. The zero-order valence-corrected chi connectivity index (χ0v) is 4.97. The largest absolute Gasteiger partial charge is 0.359 e. The van der Waals surface area contributed by atoms with Crippen LogP contribution in [0.5, 0.6) is 0 Å². The summed E-state index contributed by atoms with van der Waals surface area (Å²) >= 11 is 0. The predicted octanol–water partition coefficient (Wildman–Crippen LogP) is 1.76. The molecule has 0 aliphatic heterocycles. The zero-order chi connectivity index (χ0) is 7.56. The fraction of sp³-hybridized carbons (Fsp3) is 0.167. The highest BCUT2D eigenvalue weighted by Crippen LogP contribution is 2.18. The molecule has 0 aliphatic carbocycles. The second-order valence-corrected chi connectivity index (χ2v) is 1.81. The third-order valence-electron chi connectivity index (χ3n) is 1.11. The predicted molar refractivity (Wildman–Crippen MR) is 31.1 cm³/mol. The van der Waals surface area contributed by atoms with Crippen LogP contribution in [0, 0.1) is 0 Å². The van der Waals surface area contributed by atoms with Gasteiger partial charge in [-0.05, 0) is 6.07 Å². The highest BCUT2D eigenvalue weighted by molar-refractivity contribution is 5.72. The number of aromatic amines is 1. The van der Waals surface area contributed by atoms with Crippen molar-refractivity contribution in [3.05, 3.63) is 23.5 Å². The summed E-state index contributed by atoms with van der Waals surface area (Å²) in [6.07, 6.45) is -0.898. The molecule has 0 saturated heterocycles. The van der Waals surface area contributed by atoms with E-state index in [4.69, 9.17) is 0 Å². The lowest BCUT2D eigenvalue weighted by Gasteiger charge is -1.87. The molecule has 0 fully saturated rings. The number of H-pyrrole nitrogens is 1. The number of carbonyl (C=O) groups is 1. The Labute approximate surface area is 55.9 Å². The van der Waals surface area contributed by atoms with Crippen molar-refractivity contribution in [1.82, 2.24) is 4.98 Å². The molecule has 1 aromatic rings. The lowest BCUT2D eigenvalue weighted by molar-refractivity contribution is 0.111. The van der Waals surface area contributed by atoms with Crippen LogP contribution in [0.25, 0.3) is 0 Å². The molecule has 0 bridgehead atoms. The van der Waals surface area contributed by atoms with Crippen molar-refractivity contribution in [3.8, 4) is 0 Å². The van der Waals surface area contributed by atoms with E-state index in [1.54, 1.807) is 0 Å². The second kappa shape index (κ2) is 2.60. The minimum Gasteiger partial charge on any atom is -0.359 e. The van der Waals surface area contributed by atoms with Crippen molar-refractivity contribution in [1.29, 1.82) is 0 Å². The minimum atomic E-state index is -2.51. The van der Waals surface area contributed by atoms with E-state index < -0.39 is 6.43 Å². The molecule has 1 N–H and O–H groups in total. The summed E-state index contributed by atoms with van der Waals surface area (Å²) in [6.45, 7) is 0. The van der Waals surface area contributed by atoms with E-state index in [9.17, 15) is 13.6 Å². The van der Waals surface area contributed by atoms with Crippen LogP contribution in [0.15, 0.2) is 12.3 Å². The molecule has 0 aliphatic rings. The van der Waals surface area contributed by atoms with E-state index in [0.29, 0.717) is 6.29 Å². The first-order valence-electron chi connectivity index (χ1n) is 2.65. The maximum Gasteiger partial charge on any atom is 0.265 e. The summed E-state index contributed by atoms with van der Waals surface area (Å²) in [5, 5.41) is 0. The smallest absolute Gasteiger partial charge is 0.265 e. The van der Waals surface area contributed by atoms with Crippen LogP contribution < -0.4 is 0 Å². The van der Waals surface area contributed by atoms with Gasteiger partial charge in [0.15, 0.2) is 6.29 Å². The Hall–Kier alpha value is -1.19. The van der Waals surface area contributed by atoms with E-state index in [-0.39, 0.29) is 11.3 Å². The van der Waals surface area contributed by atoms with Gasteiger partial charge >= 0.3 is 0 Å². The number of aldehydes is 1. The van der Waals surface area contributed by atoms with Gasteiger partial charge in [0.2, 0.25) is 0 Å². The molecule has 1 aromatic heterocycles. The van der Waals surface area contributed by atoms with Crippen LogP contribution in [-0.2, 0) is 0 Å². The van der Waals surface area contributed by atoms with Crippen molar-refractivity contribution in [2.75, 3.05) is 0 Å². The SMILES string of the molecule is O=Cc1cc(C(F)F)c[nH]1. The van der Waals surface area contributed by atoms with Gasteiger partial charge in [-0.3, -0.25) is 4.79 Å². The molecular weight excluding hydrogens is 140 g/mol. The fourth-order valence-corrected chi connectivity index (χ4v) is 0.624. The molecular formula is C6H5F2NO. The molecule has 54 valence electrons. The molecule has 0 unspecified atom stereocenters. The van der Waals surface area contributed by atoms with Crippen molar-refractivity contribution < 1.29 is 13.6 Å². The lowest BCUT2D eigenvalue weighted by atomic mass is 10.3. The summed E-state index contributed by atoms with van der Waals surface area (Å²) < 4.78 is 23.6. The van der Waals surface area contributed by atoms with Crippen LogP contribution >= 0.6 is 0 Å². The minimum absolute atomic E-state index is 0.151. The number of alkyl halides is 2. The summed E-state index contributed by atoms with van der Waals surface area (Å²) in [4.78, 5) is 12.4. The van der Waals surface area contributed by atoms with E-state index in [1.807, 2.05) is 0 Å². The van der Waals surface area contributed by atoms with Crippen molar-refractivity contribution in [2.45, 2.75) is 6.43 Å². The van der Waals surface area contributed by atoms with E-state index in [1.165, 1.54) is 0 Å². The first-order valence-corrected chi connectivity index (χ1v) is 2.65. The monoisotopic (exact) mass is 145 g/mol. The highest BCUT2D eigenvalue weighted by atomic mass is 19.3. The average molecular weight is 145 g/mol. The maximum absolute atomic E-state index is 11.8. The quantitative estimate of drug-likeness (QED) is 0.632. The average Bonchev–Trinajstić information content (AvgIpc) is 2.34. The summed E-state index contributed by atoms with van der Waals surface area (Å²) in [7, 11) is 0. The van der Waals surface area contributed by atoms with Crippen LogP contribution in [0.3, 0.4) is 0 Å². The molecule has 10 heavy (non-hydrogen) atoms. The maximum atomic E-state index is 11.8. The first kappa shape index (κ1) is 6.92. The summed E-state index contributed by atoms with van der Waals surface area (Å²) in [6, 6.07) is 1.12. The number of rotatable bonds is 2. The van der Waals surface area contributed by atoms with Gasteiger partial charge in [0, 0.05) is 11.8 Å². The molecule has 4 heteroatoms. The fourth-order valence-electron chi connectivity index (χ4n) is 0.624. The third-order valence-corrected chi connectivity index (χ3v) is 1.11. The summed E-state index contributed by atoms with van der Waals surface area (Å²) in [5.74, 6) is 0. The standard InChI is InChI=1S/C6H5F2NO/c7-6(8)4-1-5(3-10)9-2-4/h1-3,6,9H. The lowest BCUT2D eigenvalue weighted by Crippen LogP contribution is -1.76. The number of hydrogen-bond acceptors (Lipinski definition) is 1. The number of nitrogens with one attached hydrogen (secondary N) is 1. The molecule has 2 nitrogen and oxygen atoms in total. The Kier molecular flexibility index (Phi) is 1.80. The first-order chi connectivity index (χ1) is 4.74. The number of carbonyl (C=O) groups excluding carboxylic acids is 1. The van der Waals surface area contributed by atoms with Crippen molar-refractivity contribution in [3.63, 3.8) is 0 Å². The number of aromatic nitrogens is 1. The Morgan fingerprint density at radius 1 is 1.60 bits per heavy atom. The Bertz CT molecular complexity index is 231. The van der Waals surface area contributed by atoms with Crippen molar-refractivity contribution >= 4 is 6.29 Å². The van der Waals surface area contributed by atoms with Crippen LogP contribution in [-0.4, -0.2) is 11.3 Å². The highest BCUT2D eigenvalue weighted by Gasteiger charge is 2.07. The van der Waals surface area contributed by atoms with Crippen molar-refractivity contribution in [2.24, 2.45) is 0 Å². The third kappa shape index (κ3) is 1.21. The molecule has 0 atom stereocenters. The molecule has 1 heterocycles. The van der Waals surface area contributed by atoms with Gasteiger partial charge in [-0.25, -0.2) is 8.78 Å². The van der Waals surface area contributed by atoms with E-state index in [0.717, 1.165) is 12.3 Å². The van der Waals surface area contributed by atoms with E-state index in [2.05, 4.69) is 4.98 Å². The molecule has 0 spiro atoms. The Morgan fingerprint density at radius 3 is 2.60 bits per heavy atom. The number of halogens is 2. The van der Waals surface area contributed by atoms with Gasteiger partial charge in [-0.15, -0.1) is 0 Å². The molecule has 1 rings (SSSR count). The van der Waals surface area contributed by atoms with Gasteiger partial charge in [-0.1, -0.05) is 0 Å². The summed E-state index contributed by atoms with van der Waals surface area (Å²) in [5.41, 5.74) is 0.0254. The Balaban J connectivity index is 2.88. The molecule has 0 amide bonds. The van der Waals surface area contributed by atoms with Crippen LogP contribution in [0.2, 0.25) is 0 Å².